The third kappa shape index (κ3) is 3.91. The molecule has 3 N–H and O–H groups in total. The lowest BCUT2D eigenvalue weighted by Crippen LogP contribution is -2.59. The van der Waals surface area contributed by atoms with E-state index in [1.165, 1.54) is 0 Å². The Morgan fingerprint density at radius 1 is 1.10 bits per heavy atom. The van der Waals surface area contributed by atoms with Gasteiger partial charge >= 0.3 is 6.18 Å². The number of hydrogen-bond acceptors (Lipinski definition) is 3. The van der Waals surface area contributed by atoms with Gasteiger partial charge in [0.2, 0.25) is 5.72 Å². The molecule has 1 aliphatic heterocycles. The van der Waals surface area contributed by atoms with Crippen molar-refractivity contribution >= 4 is 10.9 Å². The van der Waals surface area contributed by atoms with E-state index in [2.05, 4.69) is 10.3 Å². The molecule has 0 fully saturated rings. The molecule has 0 amide bonds. The van der Waals surface area contributed by atoms with E-state index in [9.17, 15) is 18.3 Å². The van der Waals surface area contributed by atoms with Crippen LogP contribution in [-0.2, 0) is 18.4 Å². The number of ether oxygens (including phenoxy) is 1. The number of H-pyrrole nitrogens is 1. The lowest BCUT2D eigenvalue weighted by Gasteiger charge is -2.38. The summed E-state index contributed by atoms with van der Waals surface area (Å²) in [6, 6.07) is 14.7. The number of aromatic nitrogens is 1. The van der Waals surface area contributed by atoms with E-state index in [1.807, 2.05) is 30.3 Å². The van der Waals surface area contributed by atoms with Crippen LogP contribution >= 0.6 is 0 Å². The second kappa shape index (κ2) is 7.32. The lowest BCUT2D eigenvalue weighted by molar-refractivity contribution is -0.280. The molecular weight excluding hydrogens is 393 g/mol. The van der Waals surface area contributed by atoms with Gasteiger partial charge in [-0.05, 0) is 40.1 Å². The molecule has 3 aromatic rings. The molecule has 0 bridgehead atoms. The minimum Gasteiger partial charge on any atom is -0.493 e. The fourth-order valence-corrected chi connectivity index (χ4v) is 4.08. The van der Waals surface area contributed by atoms with Crippen molar-refractivity contribution in [3.8, 4) is 5.75 Å². The van der Waals surface area contributed by atoms with Gasteiger partial charge < -0.3 is 14.8 Å². The molecule has 0 saturated carbocycles. The van der Waals surface area contributed by atoms with Crippen LogP contribution in [0.15, 0.2) is 48.5 Å². The number of benzene rings is 2. The molecule has 1 aromatic heterocycles. The maximum atomic E-state index is 13.9. The summed E-state index contributed by atoms with van der Waals surface area (Å²) in [7, 11) is 0. The number of fused-ring (bicyclic) bond motifs is 2. The molecule has 1 unspecified atom stereocenters. The van der Waals surface area contributed by atoms with E-state index in [-0.39, 0.29) is 6.54 Å². The molecule has 4 rings (SSSR count). The topological polar surface area (TPSA) is 57.3 Å². The minimum absolute atomic E-state index is 0.140. The molecule has 2 heterocycles. The molecule has 1 atom stereocenters. The van der Waals surface area contributed by atoms with Crippen molar-refractivity contribution in [3.63, 3.8) is 0 Å². The van der Waals surface area contributed by atoms with Crippen LogP contribution in [-0.4, -0.2) is 28.6 Å². The first-order chi connectivity index (χ1) is 14.1. The van der Waals surface area contributed by atoms with Crippen molar-refractivity contribution in [2.75, 3.05) is 6.61 Å². The monoisotopic (exact) mass is 418 g/mol. The van der Waals surface area contributed by atoms with Gasteiger partial charge in [-0.3, -0.25) is 5.32 Å². The molecule has 0 aliphatic carbocycles. The van der Waals surface area contributed by atoms with E-state index in [0.29, 0.717) is 12.3 Å². The summed E-state index contributed by atoms with van der Waals surface area (Å²) < 4.78 is 47.3. The van der Waals surface area contributed by atoms with Crippen molar-refractivity contribution in [2.45, 2.75) is 50.6 Å². The summed E-state index contributed by atoms with van der Waals surface area (Å²) in [4.78, 5) is 3.09. The Morgan fingerprint density at radius 3 is 2.60 bits per heavy atom. The first-order valence-corrected chi connectivity index (χ1v) is 9.94. The molecule has 0 radical (unpaired) electrons. The number of rotatable bonds is 6. The van der Waals surface area contributed by atoms with E-state index in [0.717, 1.165) is 34.2 Å². The Bertz CT molecular complexity index is 1030. The summed E-state index contributed by atoms with van der Waals surface area (Å²) in [6.45, 7) is 3.87. The quantitative estimate of drug-likeness (QED) is 0.504. The van der Waals surface area contributed by atoms with E-state index < -0.39 is 23.7 Å². The predicted octanol–water partition coefficient (Wildman–Crippen LogP) is 4.81. The summed E-state index contributed by atoms with van der Waals surface area (Å²) in [6.07, 6.45) is -4.62. The Hall–Kier alpha value is -2.51. The molecule has 4 nitrogen and oxygen atoms in total. The number of aromatic amines is 1. The van der Waals surface area contributed by atoms with Gasteiger partial charge in [0.05, 0.1) is 6.61 Å². The Balaban J connectivity index is 1.56. The number of halogens is 3. The second-order valence-corrected chi connectivity index (χ2v) is 8.58. The van der Waals surface area contributed by atoms with Crippen LogP contribution in [0.1, 0.15) is 37.1 Å². The van der Waals surface area contributed by atoms with Gasteiger partial charge in [0.1, 0.15) is 5.75 Å². The molecule has 7 heteroatoms. The highest BCUT2D eigenvalue weighted by Gasteiger charge is 2.56. The zero-order valence-corrected chi connectivity index (χ0v) is 16.9. The molecular formula is C23H25F3N2O2. The number of nitrogens with one attached hydrogen (secondary N) is 2. The van der Waals surface area contributed by atoms with Crippen molar-refractivity contribution in [2.24, 2.45) is 0 Å². The first-order valence-electron chi connectivity index (χ1n) is 9.94. The van der Waals surface area contributed by atoms with Crippen LogP contribution in [0.5, 0.6) is 5.75 Å². The highest BCUT2D eigenvalue weighted by molar-refractivity contribution is 5.80. The summed E-state index contributed by atoms with van der Waals surface area (Å²) >= 11 is 0. The summed E-state index contributed by atoms with van der Waals surface area (Å²) in [5.74, 6) is 0.776. The second-order valence-electron chi connectivity index (χ2n) is 8.58. The number of para-hydroxylation sites is 1. The fourth-order valence-electron chi connectivity index (χ4n) is 4.08. The van der Waals surface area contributed by atoms with Gasteiger partial charge in [-0.2, -0.15) is 13.2 Å². The average molecular weight is 418 g/mol. The van der Waals surface area contributed by atoms with Crippen LogP contribution in [0.25, 0.3) is 10.9 Å². The number of alkyl halides is 3. The number of hydrogen-bond donors (Lipinski definition) is 3. The Labute approximate surface area is 173 Å². The van der Waals surface area contributed by atoms with Crippen molar-refractivity contribution in [1.82, 2.24) is 10.3 Å². The van der Waals surface area contributed by atoms with E-state index in [1.54, 1.807) is 32.0 Å². The van der Waals surface area contributed by atoms with Gasteiger partial charge in [-0.25, -0.2) is 0 Å². The zero-order valence-electron chi connectivity index (χ0n) is 16.9. The standard InChI is InChI=1S/C23H25F3N2O2/c1-21(2,17-7-8-20-16(11-17)9-10-30-20)14-22(29,23(24,25)26)27-13-18-12-15-5-3-4-6-19(15)28-18/h3-8,11-12,27-29H,9-10,13-14H2,1-2H3. The molecule has 160 valence electrons. The van der Waals surface area contributed by atoms with E-state index in [4.69, 9.17) is 4.74 Å². The minimum atomic E-state index is -4.84. The SMILES string of the molecule is CC(C)(CC(O)(NCc1cc2ccccc2[nH]1)C(F)(F)F)c1ccc2c(c1)CCO2. The van der Waals surface area contributed by atoms with E-state index >= 15 is 0 Å². The van der Waals surface area contributed by atoms with Gasteiger partial charge in [-0.1, -0.05) is 44.2 Å². The predicted molar refractivity (Wildman–Crippen MR) is 109 cm³/mol. The van der Waals surface area contributed by atoms with Crippen LogP contribution in [0.2, 0.25) is 0 Å². The Kier molecular flexibility index (Phi) is 5.06. The normalized spacial score (nSPS) is 16.3. The highest BCUT2D eigenvalue weighted by atomic mass is 19.4. The fraction of sp³-hybridized carbons (Fsp3) is 0.391. The molecule has 30 heavy (non-hydrogen) atoms. The maximum absolute atomic E-state index is 13.9. The summed E-state index contributed by atoms with van der Waals surface area (Å²) in [5, 5.41) is 14.0. The van der Waals surface area contributed by atoms with Gasteiger partial charge in [0.15, 0.2) is 0 Å². The van der Waals surface area contributed by atoms with Crippen molar-refractivity contribution < 1.29 is 23.0 Å². The van der Waals surface area contributed by atoms with Crippen LogP contribution in [0, 0.1) is 0 Å². The maximum Gasteiger partial charge on any atom is 0.431 e. The lowest BCUT2D eigenvalue weighted by atomic mass is 9.77. The average Bonchev–Trinajstić information content (AvgIpc) is 3.30. The Morgan fingerprint density at radius 2 is 1.87 bits per heavy atom. The molecule has 0 spiro atoms. The third-order valence-corrected chi connectivity index (χ3v) is 5.79. The van der Waals surface area contributed by atoms with Gasteiger partial charge in [0.25, 0.3) is 0 Å². The highest BCUT2D eigenvalue weighted by Crippen LogP contribution is 2.41. The third-order valence-electron chi connectivity index (χ3n) is 5.79. The zero-order chi connectivity index (χ0) is 21.6. The van der Waals surface area contributed by atoms with Crippen molar-refractivity contribution in [1.29, 1.82) is 0 Å². The van der Waals surface area contributed by atoms with Gasteiger partial charge in [-0.15, -0.1) is 0 Å². The first kappa shape index (κ1) is 20.8. The molecule has 0 saturated heterocycles. The smallest absolute Gasteiger partial charge is 0.431 e. The number of aliphatic hydroxyl groups is 1. The van der Waals surface area contributed by atoms with Crippen LogP contribution in [0.3, 0.4) is 0 Å². The summed E-state index contributed by atoms with van der Waals surface area (Å²) in [5.41, 5.74) is -0.820. The van der Waals surface area contributed by atoms with Crippen LogP contribution in [0.4, 0.5) is 13.2 Å². The van der Waals surface area contributed by atoms with Gasteiger partial charge in [0, 0.05) is 30.6 Å². The largest absolute Gasteiger partial charge is 0.493 e. The molecule has 1 aliphatic rings. The molecule has 2 aromatic carbocycles. The van der Waals surface area contributed by atoms with Crippen molar-refractivity contribution in [3.05, 3.63) is 65.4 Å². The van der Waals surface area contributed by atoms with Crippen LogP contribution < -0.4 is 10.1 Å².